The van der Waals surface area contributed by atoms with Gasteiger partial charge in [-0.1, -0.05) is 30.3 Å². The van der Waals surface area contributed by atoms with Crippen LogP contribution in [0.3, 0.4) is 0 Å². The maximum atomic E-state index is 12.8. The lowest BCUT2D eigenvalue weighted by atomic mass is 10.1. The molecule has 0 spiro atoms. The van der Waals surface area contributed by atoms with E-state index < -0.39 is 0 Å². The van der Waals surface area contributed by atoms with Crippen LogP contribution in [-0.4, -0.2) is 54.5 Å². The maximum Gasteiger partial charge on any atom is 0.325 e. The summed E-state index contributed by atoms with van der Waals surface area (Å²) in [6.45, 7) is 1.87. The summed E-state index contributed by atoms with van der Waals surface area (Å²) >= 11 is 0. The Kier molecular flexibility index (Phi) is 4.24. The quantitative estimate of drug-likeness (QED) is 0.850. The summed E-state index contributed by atoms with van der Waals surface area (Å²) in [5.74, 6) is 0.748. The van der Waals surface area contributed by atoms with Gasteiger partial charge in [0.15, 0.2) is 0 Å². The number of benzene rings is 2. The molecular formula is C20H21N3O3. The second-order valence-electron chi connectivity index (χ2n) is 6.63. The fourth-order valence-electron chi connectivity index (χ4n) is 3.59. The van der Waals surface area contributed by atoms with Crippen molar-refractivity contribution in [1.82, 2.24) is 9.80 Å². The van der Waals surface area contributed by atoms with E-state index in [-0.39, 0.29) is 24.5 Å². The van der Waals surface area contributed by atoms with Crippen LogP contribution in [0.2, 0.25) is 0 Å². The van der Waals surface area contributed by atoms with E-state index in [1.165, 1.54) is 0 Å². The number of hydrogen-bond acceptors (Lipinski definition) is 3. The molecule has 4 rings (SSSR count). The van der Waals surface area contributed by atoms with E-state index in [0.29, 0.717) is 19.6 Å². The van der Waals surface area contributed by atoms with Crippen molar-refractivity contribution in [2.24, 2.45) is 0 Å². The highest BCUT2D eigenvalue weighted by molar-refractivity contribution is 5.97. The van der Waals surface area contributed by atoms with Gasteiger partial charge in [0.2, 0.25) is 5.91 Å². The Hall–Kier alpha value is -3.02. The summed E-state index contributed by atoms with van der Waals surface area (Å²) in [7, 11) is 1.61. The molecule has 2 aliphatic rings. The van der Waals surface area contributed by atoms with Crippen molar-refractivity contribution < 1.29 is 14.3 Å². The molecule has 0 radical (unpaired) electrons. The Morgan fingerprint density at radius 3 is 2.42 bits per heavy atom. The van der Waals surface area contributed by atoms with Crippen molar-refractivity contribution in [1.29, 1.82) is 0 Å². The monoisotopic (exact) mass is 351 g/mol. The van der Waals surface area contributed by atoms with E-state index in [2.05, 4.69) is 0 Å². The van der Waals surface area contributed by atoms with Crippen LogP contribution in [0.15, 0.2) is 54.6 Å². The average molecular weight is 351 g/mol. The van der Waals surface area contributed by atoms with Gasteiger partial charge in [-0.05, 0) is 29.8 Å². The number of carbonyl (C=O) groups is 2. The molecule has 2 aromatic rings. The van der Waals surface area contributed by atoms with E-state index in [9.17, 15) is 9.59 Å². The van der Waals surface area contributed by atoms with Crippen LogP contribution in [-0.2, 0) is 11.3 Å². The van der Waals surface area contributed by atoms with Gasteiger partial charge >= 0.3 is 6.03 Å². The van der Waals surface area contributed by atoms with E-state index in [4.69, 9.17) is 4.74 Å². The molecule has 2 saturated heterocycles. The lowest BCUT2D eigenvalue weighted by molar-refractivity contribution is -0.136. The van der Waals surface area contributed by atoms with Crippen molar-refractivity contribution in [2.45, 2.75) is 12.6 Å². The topological polar surface area (TPSA) is 53.1 Å². The summed E-state index contributed by atoms with van der Waals surface area (Å²) in [6.07, 6.45) is 0. The minimum Gasteiger partial charge on any atom is -0.497 e. The minimum atomic E-state index is -0.104. The summed E-state index contributed by atoms with van der Waals surface area (Å²) in [4.78, 5) is 30.5. The Balaban J connectivity index is 1.49. The molecule has 3 amide bonds. The Bertz CT molecular complexity index is 807. The summed E-state index contributed by atoms with van der Waals surface area (Å²) < 4.78 is 5.17. The summed E-state index contributed by atoms with van der Waals surface area (Å²) in [5.41, 5.74) is 1.93. The number of rotatable bonds is 4. The average Bonchev–Trinajstić information content (AvgIpc) is 2.99. The smallest absolute Gasteiger partial charge is 0.325 e. The Morgan fingerprint density at radius 1 is 1.00 bits per heavy atom. The van der Waals surface area contributed by atoms with Gasteiger partial charge in [0.1, 0.15) is 12.3 Å². The van der Waals surface area contributed by atoms with Crippen molar-refractivity contribution in [3.8, 4) is 5.75 Å². The molecular weight excluding hydrogens is 330 g/mol. The number of urea groups is 1. The number of methoxy groups -OCH3 is 1. The van der Waals surface area contributed by atoms with Gasteiger partial charge in [0.25, 0.3) is 0 Å². The van der Waals surface area contributed by atoms with Gasteiger partial charge in [0.05, 0.1) is 13.2 Å². The van der Waals surface area contributed by atoms with Gasteiger partial charge in [-0.15, -0.1) is 0 Å². The summed E-state index contributed by atoms with van der Waals surface area (Å²) in [6, 6.07) is 17.3. The van der Waals surface area contributed by atoms with Gasteiger partial charge in [0, 0.05) is 25.3 Å². The van der Waals surface area contributed by atoms with Crippen LogP contribution in [0.5, 0.6) is 5.75 Å². The number of carbonyl (C=O) groups excluding carboxylic acids is 2. The zero-order valence-electron chi connectivity index (χ0n) is 14.7. The molecule has 0 saturated carbocycles. The van der Waals surface area contributed by atoms with Gasteiger partial charge in [-0.3, -0.25) is 9.69 Å². The molecule has 2 aromatic carbocycles. The Morgan fingerprint density at radius 2 is 1.73 bits per heavy atom. The van der Waals surface area contributed by atoms with Gasteiger partial charge in [-0.2, -0.15) is 0 Å². The molecule has 2 aliphatic heterocycles. The molecule has 2 heterocycles. The number of nitrogens with zero attached hydrogens (tertiary/aromatic N) is 3. The molecule has 6 heteroatoms. The van der Waals surface area contributed by atoms with Crippen molar-refractivity contribution in [3.63, 3.8) is 0 Å². The Labute approximate surface area is 152 Å². The molecule has 0 aliphatic carbocycles. The third-order valence-corrected chi connectivity index (χ3v) is 5.00. The van der Waals surface area contributed by atoms with Crippen LogP contribution in [0, 0.1) is 0 Å². The SMILES string of the molecule is COc1ccc(N2CC3CN(Cc4ccccc4)C(=O)CN3C2=O)cc1. The zero-order chi connectivity index (χ0) is 18.1. The van der Waals surface area contributed by atoms with Crippen molar-refractivity contribution >= 4 is 17.6 Å². The maximum absolute atomic E-state index is 12.8. The minimum absolute atomic E-state index is 0.00460. The van der Waals surface area contributed by atoms with E-state index >= 15 is 0 Å². The number of ether oxygens (including phenoxy) is 1. The van der Waals surface area contributed by atoms with Crippen molar-refractivity contribution in [3.05, 3.63) is 60.2 Å². The molecule has 1 unspecified atom stereocenters. The number of piperazine rings is 1. The van der Waals surface area contributed by atoms with Gasteiger partial charge < -0.3 is 14.5 Å². The van der Waals surface area contributed by atoms with Crippen LogP contribution in [0.1, 0.15) is 5.56 Å². The molecule has 0 aromatic heterocycles. The lowest BCUT2D eigenvalue weighted by Crippen LogP contribution is -2.54. The first-order valence-corrected chi connectivity index (χ1v) is 8.69. The standard InChI is InChI=1S/C20H21N3O3/c1-26-18-9-7-16(8-10-18)22-13-17-12-21(11-15-5-3-2-4-6-15)19(24)14-23(17)20(22)25/h2-10,17H,11-14H2,1H3. The predicted molar refractivity (Wildman–Crippen MR) is 98.1 cm³/mol. The van der Waals surface area contributed by atoms with E-state index in [0.717, 1.165) is 17.0 Å². The normalized spacial score (nSPS) is 19.7. The largest absolute Gasteiger partial charge is 0.497 e. The van der Waals surface area contributed by atoms with Crippen LogP contribution in [0.25, 0.3) is 0 Å². The molecule has 1 atom stereocenters. The van der Waals surface area contributed by atoms with Crippen LogP contribution in [0.4, 0.5) is 10.5 Å². The van der Waals surface area contributed by atoms with Crippen LogP contribution >= 0.6 is 0 Å². The molecule has 2 fully saturated rings. The number of anilines is 1. The van der Waals surface area contributed by atoms with Crippen LogP contribution < -0.4 is 9.64 Å². The fraction of sp³-hybridized carbons (Fsp3) is 0.300. The highest BCUT2D eigenvalue weighted by Crippen LogP contribution is 2.28. The number of fused-ring (bicyclic) bond motifs is 1. The number of amides is 3. The summed E-state index contributed by atoms with van der Waals surface area (Å²) in [5, 5.41) is 0. The first kappa shape index (κ1) is 16.4. The molecule has 6 nitrogen and oxygen atoms in total. The van der Waals surface area contributed by atoms with Crippen molar-refractivity contribution in [2.75, 3.05) is 31.6 Å². The molecule has 0 bridgehead atoms. The molecule has 134 valence electrons. The third-order valence-electron chi connectivity index (χ3n) is 5.00. The molecule has 26 heavy (non-hydrogen) atoms. The third kappa shape index (κ3) is 2.98. The zero-order valence-corrected chi connectivity index (χ0v) is 14.7. The molecule has 0 N–H and O–H groups in total. The van der Waals surface area contributed by atoms with E-state index in [1.807, 2.05) is 59.5 Å². The fourth-order valence-corrected chi connectivity index (χ4v) is 3.59. The predicted octanol–water partition coefficient (Wildman–Crippen LogP) is 2.35. The second kappa shape index (κ2) is 6.71. The highest BCUT2D eigenvalue weighted by Gasteiger charge is 2.43. The lowest BCUT2D eigenvalue weighted by Gasteiger charge is -2.36. The number of hydrogen-bond donors (Lipinski definition) is 0. The first-order chi connectivity index (χ1) is 12.7. The first-order valence-electron chi connectivity index (χ1n) is 8.69. The van der Waals surface area contributed by atoms with Gasteiger partial charge in [-0.25, -0.2) is 4.79 Å². The second-order valence-corrected chi connectivity index (χ2v) is 6.63. The van der Waals surface area contributed by atoms with E-state index in [1.54, 1.807) is 16.9 Å². The highest BCUT2D eigenvalue weighted by atomic mass is 16.5.